The molecule has 0 atom stereocenters. The first-order valence-corrected chi connectivity index (χ1v) is 8.00. The van der Waals surface area contributed by atoms with Crippen LogP contribution in [0.15, 0.2) is 54.6 Å². The summed E-state index contributed by atoms with van der Waals surface area (Å²) in [5.41, 5.74) is 2.77. The molecular formula is C19H23N3O2. The predicted molar refractivity (Wildman–Crippen MR) is 95.4 cm³/mol. The van der Waals surface area contributed by atoms with Crippen molar-refractivity contribution in [3.8, 4) is 0 Å². The summed E-state index contributed by atoms with van der Waals surface area (Å²) in [6.07, 6.45) is 0. The average Bonchev–Trinajstić information content (AvgIpc) is 2.60. The lowest BCUT2D eigenvalue weighted by atomic mass is 10.1. The maximum atomic E-state index is 11.8. The topological polar surface area (TPSA) is 70.2 Å². The van der Waals surface area contributed by atoms with Crippen LogP contribution in [0, 0.1) is 5.92 Å². The lowest BCUT2D eigenvalue weighted by molar-refractivity contribution is -0.118. The Kier molecular flexibility index (Phi) is 6.37. The second-order valence-electron chi connectivity index (χ2n) is 5.86. The normalized spacial score (nSPS) is 10.3. The highest BCUT2D eigenvalue weighted by atomic mass is 16.2. The third-order valence-electron chi connectivity index (χ3n) is 3.49. The SMILES string of the molecule is CC(C)C(=O)Nc1ccc(CNC(=O)NCc2ccccc2)cc1. The molecule has 0 aliphatic heterocycles. The summed E-state index contributed by atoms with van der Waals surface area (Å²) in [6, 6.07) is 17.0. The third-order valence-corrected chi connectivity index (χ3v) is 3.49. The van der Waals surface area contributed by atoms with Crippen molar-refractivity contribution in [3.05, 3.63) is 65.7 Å². The van der Waals surface area contributed by atoms with Gasteiger partial charge in [-0.3, -0.25) is 4.79 Å². The van der Waals surface area contributed by atoms with Gasteiger partial charge in [-0.1, -0.05) is 56.3 Å². The van der Waals surface area contributed by atoms with Gasteiger partial charge in [-0.2, -0.15) is 0 Å². The number of amides is 3. The van der Waals surface area contributed by atoms with E-state index in [-0.39, 0.29) is 17.9 Å². The standard InChI is InChI=1S/C19H23N3O2/c1-14(2)18(23)22-17-10-8-16(9-11-17)13-21-19(24)20-12-15-6-4-3-5-7-15/h3-11,14H,12-13H2,1-2H3,(H,22,23)(H2,20,21,24). The molecule has 0 saturated heterocycles. The van der Waals surface area contributed by atoms with E-state index in [9.17, 15) is 9.59 Å². The molecule has 0 heterocycles. The predicted octanol–water partition coefficient (Wildman–Crippen LogP) is 3.28. The van der Waals surface area contributed by atoms with Crippen LogP contribution in [0.1, 0.15) is 25.0 Å². The van der Waals surface area contributed by atoms with Crippen LogP contribution in [0.5, 0.6) is 0 Å². The van der Waals surface area contributed by atoms with E-state index in [4.69, 9.17) is 0 Å². The second-order valence-corrected chi connectivity index (χ2v) is 5.86. The average molecular weight is 325 g/mol. The van der Waals surface area contributed by atoms with Crippen LogP contribution < -0.4 is 16.0 Å². The summed E-state index contributed by atoms with van der Waals surface area (Å²) < 4.78 is 0. The highest BCUT2D eigenvalue weighted by molar-refractivity contribution is 5.92. The zero-order valence-electron chi connectivity index (χ0n) is 14.0. The molecule has 0 aromatic heterocycles. The molecule has 126 valence electrons. The molecule has 0 aliphatic carbocycles. The summed E-state index contributed by atoms with van der Waals surface area (Å²) in [7, 11) is 0. The Balaban J connectivity index is 1.75. The van der Waals surface area contributed by atoms with Crippen LogP contribution >= 0.6 is 0 Å². The molecule has 0 saturated carbocycles. The van der Waals surface area contributed by atoms with Crippen LogP contribution in [0.4, 0.5) is 10.5 Å². The van der Waals surface area contributed by atoms with Crippen molar-refractivity contribution in [3.63, 3.8) is 0 Å². The lowest BCUT2D eigenvalue weighted by Crippen LogP contribution is -2.34. The third kappa shape index (κ3) is 5.76. The summed E-state index contributed by atoms with van der Waals surface area (Å²) in [5.74, 6) is -0.0687. The zero-order valence-corrected chi connectivity index (χ0v) is 14.0. The molecule has 3 N–H and O–H groups in total. The van der Waals surface area contributed by atoms with E-state index in [2.05, 4.69) is 16.0 Å². The monoisotopic (exact) mass is 325 g/mol. The molecule has 3 amide bonds. The van der Waals surface area contributed by atoms with Crippen LogP contribution in [0.25, 0.3) is 0 Å². The molecule has 2 rings (SSSR count). The fraction of sp³-hybridized carbons (Fsp3) is 0.263. The largest absolute Gasteiger partial charge is 0.334 e. The van der Waals surface area contributed by atoms with Gasteiger partial charge in [0.25, 0.3) is 0 Å². The maximum absolute atomic E-state index is 11.8. The fourth-order valence-electron chi connectivity index (χ4n) is 2.02. The first kappa shape index (κ1) is 17.5. The summed E-state index contributed by atoms with van der Waals surface area (Å²) >= 11 is 0. The van der Waals surface area contributed by atoms with Gasteiger partial charge in [-0.05, 0) is 23.3 Å². The van der Waals surface area contributed by atoms with Gasteiger partial charge in [0.15, 0.2) is 0 Å². The van der Waals surface area contributed by atoms with E-state index in [1.165, 1.54) is 0 Å². The Morgan fingerprint density at radius 1 is 0.833 bits per heavy atom. The van der Waals surface area contributed by atoms with Crippen molar-refractivity contribution >= 4 is 17.6 Å². The number of carbonyl (C=O) groups is 2. The molecule has 0 radical (unpaired) electrons. The lowest BCUT2D eigenvalue weighted by Gasteiger charge is -2.10. The van der Waals surface area contributed by atoms with Gasteiger partial charge in [0.1, 0.15) is 0 Å². The van der Waals surface area contributed by atoms with Gasteiger partial charge >= 0.3 is 6.03 Å². The van der Waals surface area contributed by atoms with Crippen LogP contribution in [0.3, 0.4) is 0 Å². The number of rotatable bonds is 6. The summed E-state index contributed by atoms with van der Waals surface area (Å²) in [5, 5.41) is 8.46. The van der Waals surface area contributed by atoms with Gasteiger partial charge < -0.3 is 16.0 Å². The second kappa shape index (κ2) is 8.72. The van der Waals surface area contributed by atoms with Crippen molar-refractivity contribution < 1.29 is 9.59 Å². The van der Waals surface area contributed by atoms with E-state index in [1.807, 2.05) is 68.4 Å². The van der Waals surface area contributed by atoms with E-state index < -0.39 is 0 Å². The Labute approximate surface area is 142 Å². The minimum atomic E-state index is -0.212. The summed E-state index contributed by atoms with van der Waals surface area (Å²) in [6.45, 7) is 4.62. The van der Waals surface area contributed by atoms with Crippen molar-refractivity contribution in [2.45, 2.75) is 26.9 Å². The zero-order chi connectivity index (χ0) is 17.4. The molecule has 5 nitrogen and oxygen atoms in total. The van der Waals surface area contributed by atoms with Crippen LogP contribution in [-0.2, 0) is 17.9 Å². The highest BCUT2D eigenvalue weighted by Gasteiger charge is 2.07. The van der Waals surface area contributed by atoms with E-state index in [1.54, 1.807) is 0 Å². The molecule has 24 heavy (non-hydrogen) atoms. The van der Waals surface area contributed by atoms with Crippen molar-refractivity contribution in [1.29, 1.82) is 0 Å². The number of nitrogens with one attached hydrogen (secondary N) is 3. The van der Waals surface area contributed by atoms with E-state index >= 15 is 0 Å². The number of anilines is 1. The van der Waals surface area contributed by atoms with Gasteiger partial charge in [0.05, 0.1) is 0 Å². The first-order chi connectivity index (χ1) is 11.5. The van der Waals surface area contributed by atoms with Gasteiger partial charge in [0.2, 0.25) is 5.91 Å². The Morgan fingerprint density at radius 3 is 1.92 bits per heavy atom. The first-order valence-electron chi connectivity index (χ1n) is 8.00. The van der Waals surface area contributed by atoms with Crippen molar-refractivity contribution in [2.24, 2.45) is 5.92 Å². The number of hydrogen-bond donors (Lipinski definition) is 3. The Morgan fingerprint density at radius 2 is 1.38 bits per heavy atom. The van der Waals surface area contributed by atoms with Crippen molar-refractivity contribution in [2.75, 3.05) is 5.32 Å². The molecule has 0 fully saturated rings. The van der Waals surface area contributed by atoms with E-state index in [0.29, 0.717) is 13.1 Å². The molecular weight excluding hydrogens is 302 g/mol. The number of carbonyl (C=O) groups excluding carboxylic acids is 2. The van der Waals surface area contributed by atoms with Gasteiger partial charge in [-0.15, -0.1) is 0 Å². The highest BCUT2D eigenvalue weighted by Crippen LogP contribution is 2.10. The van der Waals surface area contributed by atoms with Crippen LogP contribution in [0.2, 0.25) is 0 Å². The molecule has 0 unspecified atom stereocenters. The molecule has 0 bridgehead atoms. The van der Waals surface area contributed by atoms with Crippen molar-refractivity contribution in [1.82, 2.24) is 10.6 Å². The fourth-order valence-corrected chi connectivity index (χ4v) is 2.02. The molecule has 0 aliphatic rings. The Hall–Kier alpha value is -2.82. The van der Waals surface area contributed by atoms with Crippen LogP contribution in [-0.4, -0.2) is 11.9 Å². The smallest absolute Gasteiger partial charge is 0.315 e. The van der Waals surface area contributed by atoms with Gasteiger partial charge in [0, 0.05) is 24.7 Å². The van der Waals surface area contributed by atoms with E-state index in [0.717, 1.165) is 16.8 Å². The molecule has 2 aromatic carbocycles. The Bertz CT molecular complexity index is 667. The minimum Gasteiger partial charge on any atom is -0.334 e. The maximum Gasteiger partial charge on any atom is 0.315 e. The molecule has 5 heteroatoms. The number of hydrogen-bond acceptors (Lipinski definition) is 2. The summed E-state index contributed by atoms with van der Waals surface area (Å²) in [4.78, 5) is 23.4. The van der Waals surface area contributed by atoms with Gasteiger partial charge in [-0.25, -0.2) is 4.79 Å². The molecule has 2 aromatic rings. The molecule has 0 spiro atoms. The number of benzene rings is 2. The minimum absolute atomic E-state index is 0.0128. The quantitative estimate of drug-likeness (QED) is 0.763. The number of urea groups is 1.